The maximum Gasteiger partial charge on any atom is 0.124 e. The lowest BCUT2D eigenvalue weighted by atomic mass is 10.1. The molecule has 0 unspecified atom stereocenters. The Hall–Kier alpha value is -2.59. The Bertz CT molecular complexity index is 970. The molecule has 0 bridgehead atoms. The molecular weight excluding hydrogens is 382 g/mol. The summed E-state index contributed by atoms with van der Waals surface area (Å²) in [5.41, 5.74) is 3.57. The second-order valence-corrected chi connectivity index (χ2v) is 8.51. The van der Waals surface area contributed by atoms with Crippen molar-refractivity contribution in [2.75, 3.05) is 19.7 Å². The average Bonchev–Trinajstić information content (AvgIpc) is 2.94. The fourth-order valence-electron chi connectivity index (χ4n) is 4.51. The summed E-state index contributed by atoms with van der Waals surface area (Å²) in [5, 5.41) is 0. The summed E-state index contributed by atoms with van der Waals surface area (Å²) >= 11 is 0. The number of hydrogen-bond acceptors (Lipinski definition) is 3. The number of para-hydroxylation sites is 3. The van der Waals surface area contributed by atoms with E-state index in [9.17, 15) is 0 Å². The molecule has 0 spiro atoms. The van der Waals surface area contributed by atoms with E-state index in [1.54, 1.807) is 0 Å². The van der Waals surface area contributed by atoms with Crippen molar-refractivity contribution in [2.24, 2.45) is 0 Å². The van der Waals surface area contributed by atoms with E-state index in [0.717, 1.165) is 50.2 Å². The Balaban J connectivity index is 1.37. The van der Waals surface area contributed by atoms with Crippen LogP contribution in [0.1, 0.15) is 49.9 Å². The Labute approximate surface area is 186 Å². The zero-order chi connectivity index (χ0) is 21.3. The van der Waals surface area contributed by atoms with Gasteiger partial charge in [-0.1, -0.05) is 49.2 Å². The predicted octanol–water partition coefficient (Wildman–Crippen LogP) is 6.00. The lowest BCUT2D eigenvalue weighted by Crippen LogP contribution is -2.26. The quantitative estimate of drug-likeness (QED) is 0.299. The third-order valence-corrected chi connectivity index (χ3v) is 6.17. The van der Waals surface area contributed by atoms with Crippen molar-refractivity contribution in [1.29, 1.82) is 0 Å². The molecule has 31 heavy (non-hydrogen) atoms. The number of allylic oxidation sites excluding steroid dienone is 1. The molecule has 0 saturated carbocycles. The standard InChI is InChI=1S/C27H35N3O/c1-2-13-23-14-5-8-17-26(23)31-21-12-11-20-30-25-16-7-6-15-24(25)28-27(30)22-29-18-9-3-4-10-19-29/h2,5-8,14-17H,1,3-4,9-13,18-22H2. The van der Waals surface area contributed by atoms with Gasteiger partial charge in [-0.3, -0.25) is 4.90 Å². The molecule has 1 aliphatic heterocycles. The van der Waals surface area contributed by atoms with Crippen LogP contribution in [0.3, 0.4) is 0 Å². The summed E-state index contributed by atoms with van der Waals surface area (Å²) in [7, 11) is 0. The molecule has 0 amide bonds. The molecule has 4 rings (SSSR count). The zero-order valence-electron chi connectivity index (χ0n) is 18.6. The van der Waals surface area contributed by atoms with Gasteiger partial charge >= 0.3 is 0 Å². The molecule has 2 heterocycles. The van der Waals surface area contributed by atoms with Crippen molar-refractivity contribution in [3.63, 3.8) is 0 Å². The highest BCUT2D eigenvalue weighted by molar-refractivity contribution is 5.75. The van der Waals surface area contributed by atoms with Crippen LogP contribution in [0.5, 0.6) is 5.75 Å². The SMILES string of the molecule is C=CCc1ccccc1OCCCCn1c(CN2CCCCCC2)nc2ccccc21. The number of aromatic nitrogens is 2. The lowest BCUT2D eigenvalue weighted by Gasteiger charge is -2.20. The molecule has 1 saturated heterocycles. The summed E-state index contributed by atoms with van der Waals surface area (Å²) < 4.78 is 8.52. The number of likely N-dealkylation sites (tertiary alicyclic amines) is 1. The van der Waals surface area contributed by atoms with E-state index in [1.165, 1.54) is 55.7 Å². The Kier molecular flexibility index (Phi) is 7.78. The van der Waals surface area contributed by atoms with Crippen LogP contribution < -0.4 is 4.74 Å². The molecule has 1 aromatic heterocycles. The van der Waals surface area contributed by atoms with E-state index >= 15 is 0 Å². The number of aryl methyl sites for hydroxylation is 1. The third-order valence-electron chi connectivity index (χ3n) is 6.17. The second-order valence-electron chi connectivity index (χ2n) is 8.51. The van der Waals surface area contributed by atoms with Crippen LogP contribution in [0, 0.1) is 0 Å². The highest BCUT2D eigenvalue weighted by Gasteiger charge is 2.15. The highest BCUT2D eigenvalue weighted by Crippen LogP contribution is 2.21. The predicted molar refractivity (Wildman–Crippen MR) is 129 cm³/mol. The van der Waals surface area contributed by atoms with E-state index in [1.807, 2.05) is 12.1 Å². The number of nitrogens with zero attached hydrogens (tertiary/aromatic N) is 3. The maximum absolute atomic E-state index is 6.08. The van der Waals surface area contributed by atoms with Crippen LogP contribution in [-0.4, -0.2) is 34.1 Å². The lowest BCUT2D eigenvalue weighted by molar-refractivity contribution is 0.264. The molecule has 4 heteroatoms. The number of ether oxygens (including phenoxy) is 1. The van der Waals surface area contributed by atoms with Crippen LogP contribution in [0.15, 0.2) is 61.2 Å². The van der Waals surface area contributed by atoms with Crippen molar-refractivity contribution < 1.29 is 4.74 Å². The van der Waals surface area contributed by atoms with Crippen molar-refractivity contribution in [2.45, 2.75) is 58.0 Å². The molecule has 1 fully saturated rings. The van der Waals surface area contributed by atoms with Gasteiger partial charge in [-0.2, -0.15) is 0 Å². The zero-order valence-corrected chi connectivity index (χ0v) is 18.6. The topological polar surface area (TPSA) is 30.3 Å². The molecule has 3 aromatic rings. The van der Waals surface area contributed by atoms with E-state index in [2.05, 4.69) is 58.5 Å². The number of rotatable bonds is 10. The van der Waals surface area contributed by atoms with E-state index in [0.29, 0.717) is 0 Å². The molecular formula is C27H35N3O. The average molecular weight is 418 g/mol. The Morgan fingerprint density at radius 2 is 1.71 bits per heavy atom. The van der Waals surface area contributed by atoms with Gasteiger partial charge in [-0.15, -0.1) is 6.58 Å². The third kappa shape index (κ3) is 5.76. The van der Waals surface area contributed by atoms with Gasteiger partial charge in [-0.05, 0) is 69.0 Å². The molecule has 0 radical (unpaired) electrons. The number of imidazole rings is 1. The van der Waals surface area contributed by atoms with Gasteiger partial charge in [0.1, 0.15) is 11.6 Å². The van der Waals surface area contributed by atoms with Gasteiger partial charge in [0.05, 0.1) is 24.2 Å². The monoisotopic (exact) mass is 417 g/mol. The minimum atomic E-state index is 0.738. The molecule has 0 aliphatic carbocycles. The van der Waals surface area contributed by atoms with Crippen LogP contribution in [0.4, 0.5) is 0 Å². The number of fused-ring (bicyclic) bond motifs is 1. The van der Waals surface area contributed by atoms with Gasteiger partial charge in [0, 0.05) is 6.54 Å². The van der Waals surface area contributed by atoms with Gasteiger partial charge in [0.2, 0.25) is 0 Å². The van der Waals surface area contributed by atoms with Crippen molar-refractivity contribution in [3.8, 4) is 5.75 Å². The normalized spacial score (nSPS) is 15.1. The van der Waals surface area contributed by atoms with E-state index < -0.39 is 0 Å². The van der Waals surface area contributed by atoms with E-state index in [-0.39, 0.29) is 0 Å². The van der Waals surface area contributed by atoms with Crippen LogP contribution in [-0.2, 0) is 19.5 Å². The minimum absolute atomic E-state index is 0.738. The summed E-state index contributed by atoms with van der Waals surface area (Å²) in [5.74, 6) is 2.19. The maximum atomic E-state index is 6.08. The Morgan fingerprint density at radius 3 is 2.55 bits per heavy atom. The molecule has 1 aliphatic rings. The van der Waals surface area contributed by atoms with Crippen LogP contribution in [0.2, 0.25) is 0 Å². The smallest absolute Gasteiger partial charge is 0.124 e. The highest BCUT2D eigenvalue weighted by atomic mass is 16.5. The van der Waals surface area contributed by atoms with Gasteiger partial charge in [0.25, 0.3) is 0 Å². The molecule has 0 N–H and O–H groups in total. The molecule has 4 nitrogen and oxygen atoms in total. The largest absolute Gasteiger partial charge is 0.493 e. The first-order valence-electron chi connectivity index (χ1n) is 11.8. The van der Waals surface area contributed by atoms with E-state index in [4.69, 9.17) is 9.72 Å². The number of hydrogen-bond donors (Lipinski definition) is 0. The summed E-state index contributed by atoms with van der Waals surface area (Å²) in [6.07, 6.45) is 10.2. The molecule has 2 aromatic carbocycles. The first kappa shape index (κ1) is 21.6. The molecule has 164 valence electrons. The first-order valence-corrected chi connectivity index (χ1v) is 11.8. The fraction of sp³-hybridized carbons (Fsp3) is 0.444. The Morgan fingerprint density at radius 1 is 0.935 bits per heavy atom. The first-order chi connectivity index (χ1) is 15.3. The number of unbranched alkanes of at least 4 members (excludes halogenated alkanes) is 1. The van der Waals surface area contributed by atoms with Crippen LogP contribution >= 0.6 is 0 Å². The molecule has 0 atom stereocenters. The minimum Gasteiger partial charge on any atom is -0.493 e. The summed E-state index contributed by atoms with van der Waals surface area (Å²) in [6.45, 7) is 8.92. The van der Waals surface area contributed by atoms with Gasteiger partial charge in [0.15, 0.2) is 0 Å². The second kappa shape index (κ2) is 11.1. The van der Waals surface area contributed by atoms with Crippen LogP contribution in [0.25, 0.3) is 11.0 Å². The van der Waals surface area contributed by atoms with Crippen molar-refractivity contribution in [3.05, 3.63) is 72.6 Å². The van der Waals surface area contributed by atoms with Crippen molar-refractivity contribution >= 4 is 11.0 Å². The summed E-state index contributed by atoms with van der Waals surface area (Å²) in [4.78, 5) is 7.58. The van der Waals surface area contributed by atoms with Gasteiger partial charge in [-0.25, -0.2) is 4.98 Å². The summed E-state index contributed by atoms with van der Waals surface area (Å²) in [6, 6.07) is 16.8. The van der Waals surface area contributed by atoms with Crippen molar-refractivity contribution in [1.82, 2.24) is 14.5 Å². The van der Waals surface area contributed by atoms with Gasteiger partial charge < -0.3 is 9.30 Å². The fourth-order valence-corrected chi connectivity index (χ4v) is 4.51. The number of benzene rings is 2.